The molecule has 6 atom stereocenters. The zero-order valence-electron chi connectivity index (χ0n) is 27.9. The summed E-state index contributed by atoms with van der Waals surface area (Å²) in [4.78, 5) is 87.9. The molecule has 0 aliphatic carbocycles. The van der Waals surface area contributed by atoms with Gasteiger partial charge in [0.15, 0.2) is 18.0 Å². The number of hydrogen-bond donors (Lipinski definition) is 7. The molecule has 264 valence electrons. The number of aryl methyl sites for hydroxylation is 1. The number of rotatable bonds is 18. The lowest BCUT2D eigenvalue weighted by atomic mass is 10.0. The zero-order chi connectivity index (χ0) is 36.1. The van der Waals surface area contributed by atoms with Crippen LogP contribution in [0, 0.1) is 5.92 Å². The minimum absolute atomic E-state index is 0.147. The van der Waals surface area contributed by atoms with E-state index in [2.05, 4.69) is 26.7 Å². The Bertz CT molecular complexity index is 1490. The quantitative estimate of drug-likeness (QED) is 0.0817. The second-order valence-corrected chi connectivity index (χ2v) is 12.1. The summed E-state index contributed by atoms with van der Waals surface area (Å²) in [6.07, 6.45) is -2.41. The highest BCUT2D eigenvalue weighted by Gasteiger charge is 2.51. The Morgan fingerprint density at radius 2 is 1.33 bits per heavy atom. The molecule has 1 heterocycles. The first-order valence-corrected chi connectivity index (χ1v) is 16.0. The average Bonchev–Trinajstić information content (AvgIpc) is 3.88. The number of amides is 5. The van der Waals surface area contributed by atoms with Gasteiger partial charge in [-0.1, -0.05) is 74.5 Å². The van der Waals surface area contributed by atoms with E-state index < -0.39 is 72.4 Å². The number of benzene rings is 2. The highest BCUT2D eigenvalue weighted by atomic mass is 16.6. The Balaban J connectivity index is 1.46. The maximum Gasteiger partial charge on any atom is 0.305 e. The van der Waals surface area contributed by atoms with Gasteiger partial charge in [0.2, 0.25) is 17.7 Å². The molecule has 7 N–H and O–H groups in total. The van der Waals surface area contributed by atoms with Gasteiger partial charge in [-0.25, -0.2) is 0 Å². The van der Waals surface area contributed by atoms with E-state index in [9.17, 15) is 38.7 Å². The minimum atomic E-state index is -1.64. The van der Waals surface area contributed by atoms with Crippen molar-refractivity contribution < 1.29 is 43.4 Å². The predicted molar refractivity (Wildman–Crippen MR) is 176 cm³/mol. The van der Waals surface area contributed by atoms with E-state index in [-0.39, 0.29) is 24.0 Å². The van der Waals surface area contributed by atoms with Gasteiger partial charge in [0.1, 0.15) is 18.1 Å². The van der Waals surface area contributed by atoms with Gasteiger partial charge in [0.05, 0.1) is 12.5 Å². The largest absolute Gasteiger partial charge is 0.481 e. The molecule has 3 rings (SSSR count). The fourth-order valence-corrected chi connectivity index (χ4v) is 4.76. The second kappa shape index (κ2) is 18.4. The van der Waals surface area contributed by atoms with E-state index >= 15 is 0 Å². The summed E-state index contributed by atoms with van der Waals surface area (Å²) < 4.78 is 5.21. The number of carboxylic acids is 1. The van der Waals surface area contributed by atoms with E-state index in [1.807, 2.05) is 66.1 Å². The number of hydrazine groups is 1. The lowest BCUT2D eigenvalue weighted by molar-refractivity contribution is -0.141. The Hall–Kier alpha value is -5.15. The molecule has 1 aliphatic rings. The molecule has 0 saturated carbocycles. The third kappa shape index (κ3) is 12.4. The van der Waals surface area contributed by atoms with E-state index in [0.29, 0.717) is 13.0 Å². The van der Waals surface area contributed by atoms with Crippen LogP contribution in [-0.2, 0) is 51.3 Å². The molecule has 0 aromatic heterocycles. The molecule has 2 aromatic carbocycles. The summed E-state index contributed by atoms with van der Waals surface area (Å²) in [5, 5.41) is 19.8. The number of aliphatic carboxylic acids is 1. The van der Waals surface area contributed by atoms with Crippen LogP contribution in [0.25, 0.3) is 0 Å². The number of nitrogens with one attached hydrogen (secondary N) is 6. The molecule has 5 amide bonds. The first kappa shape index (κ1) is 38.3. The molecular weight excluding hydrogens is 636 g/mol. The summed E-state index contributed by atoms with van der Waals surface area (Å²) in [6, 6.07) is 14.3. The summed E-state index contributed by atoms with van der Waals surface area (Å²) >= 11 is 0. The van der Waals surface area contributed by atoms with Crippen molar-refractivity contribution in [3.8, 4) is 0 Å². The number of Topliss-reactive ketones (excluding diaryl/α,β-unsaturated/α-hetero) is 1. The van der Waals surface area contributed by atoms with Crippen molar-refractivity contribution in [2.24, 2.45) is 5.92 Å². The van der Waals surface area contributed by atoms with Crippen LogP contribution in [0.15, 0.2) is 60.7 Å². The van der Waals surface area contributed by atoms with Crippen LogP contribution in [0.5, 0.6) is 0 Å². The highest BCUT2D eigenvalue weighted by Crippen LogP contribution is 2.24. The third-order valence-electron chi connectivity index (χ3n) is 7.73. The van der Waals surface area contributed by atoms with Crippen LogP contribution in [0.2, 0.25) is 0 Å². The maximum atomic E-state index is 13.0. The highest BCUT2D eigenvalue weighted by molar-refractivity contribution is 5.99. The molecule has 3 unspecified atom stereocenters. The maximum absolute atomic E-state index is 13.0. The minimum Gasteiger partial charge on any atom is -0.481 e. The monoisotopic (exact) mass is 680 g/mol. The smallest absolute Gasteiger partial charge is 0.305 e. The van der Waals surface area contributed by atoms with E-state index in [1.54, 1.807) is 20.8 Å². The van der Waals surface area contributed by atoms with Gasteiger partial charge in [-0.2, -0.15) is 0 Å². The van der Waals surface area contributed by atoms with Crippen LogP contribution in [0.4, 0.5) is 0 Å². The molecule has 15 heteroatoms. The molecule has 1 fully saturated rings. The summed E-state index contributed by atoms with van der Waals surface area (Å²) in [6.45, 7) is 6.84. The molecule has 0 spiro atoms. The molecule has 49 heavy (non-hydrogen) atoms. The standard InChI is InChI=1S/C34H44N6O9/c1-19(2)27(38-25(41)16-15-22-11-7-5-8-12-22)33(47)36-21(4)31(45)37-24(17-26(42)43)32(46)39-40-34(48)30-29(49-30)28(44)20(3)35-18-23-13-9-6-10-14-23/h5-14,19-21,24,27,29-30,35H,15-18H2,1-4H3,(H,36,47)(H,37,45)(H,38,41)(H,39,46)(H,40,48)(H,42,43)/t20?,21-,24-,27-,29?,30?/m0/s1. The molecule has 0 radical (unpaired) electrons. The zero-order valence-corrected chi connectivity index (χ0v) is 27.9. The Labute approximate surface area is 284 Å². The van der Waals surface area contributed by atoms with Gasteiger partial charge in [0, 0.05) is 13.0 Å². The van der Waals surface area contributed by atoms with E-state index in [0.717, 1.165) is 11.1 Å². The van der Waals surface area contributed by atoms with Crippen LogP contribution in [0.3, 0.4) is 0 Å². The average molecular weight is 681 g/mol. The number of epoxide rings is 1. The topological polar surface area (TPSA) is 224 Å². The molecule has 2 aromatic rings. The van der Waals surface area contributed by atoms with Crippen molar-refractivity contribution in [3.63, 3.8) is 0 Å². The third-order valence-corrected chi connectivity index (χ3v) is 7.73. The van der Waals surface area contributed by atoms with Crippen LogP contribution in [0.1, 0.15) is 51.7 Å². The first-order chi connectivity index (χ1) is 23.3. The predicted octanol–water partition coefficient (Wildman–Crippen LogP) is -0.114. The summed E-state index contributed by atoms with van der Waals surface area (Å²) in [7, 11) is 0. The molecule has 15 nitrogen and oxygen atoms in total. The lowest BCUT2D eigenvalue weighted by Gasteiger charge is -2.25. The normalized spacial score (nSPS) is 17.4. The van der Waals surface area contributed by atoms with Crippen LogP contribution >= 0.6 is 0 Å². The number of carboxylic acid groups (broad SMARTS) is 1. The Morgan fingerprint density at radius 1 is 0.714 bits per heavy atom. The van der Waals surface area contributed by atoms with E-state index in [1.165, 1.54) is 6.92 Å². The van der Waals surface area contributed by atoms with Crippen molar-refractivity contribution >= 4 is 41.3 Å². The fourth-order valence-electron chi connectivity index (χ4n) is 4.76. The van der Waals surface area contributed by atoms with Gasteiger partial charge in [-0.15, -0.1) is 0 Å². The van der Waals surface area contributed by atoms with Crippen LogP contribution in [-0.4, -0.2) is 82.8 Å². The van der Waals surface area contributed by atoms with Gasteiger partial charge >= 0.3 is 5.97 Å². The SMILES string of the molecule is CC(NCc1ccccc1)C(=O)C1OC1C(=O)NNC(=O)[C@H](CC(=O)O)NC(=O)[C@H](C)NC(=O)[C@@H](NC(=O)CCc1ccccc1)C(C)C. The van der Waals surface area contributed by atoms with Crippen LogP contribution < -0.4 is 32.1 Å². The molecule has 1 aliphatic heterocycles. The molecule has 0 bridgehead atoms. The second-order valence-electron chi connectivity index (χ2n) is 12.1. The van der Waals surface area contributed by atoms with Gasteiger partial charge < -0.3 is 31.1 Å². The Kier molecular flexibility index (Phi) is 14.4. The lowest BCUT2D eigenvalue weighted by Crippen LogP contribution is -2.58. The Morgan fingerprint density at radius 3 is 1.92 bits per heavy atom. The van der Waals surface area contributed by atoms with Crippen molar-refractivity contribution in [1.29, 1.82) is 0 Å². The number of ketones is 1. The van der Waals surface area contributed by atoms with Gasteiger partial charge in [-0.3, -0.25) is 44.4 Å². The molecular formula is C34H44N6O9. The van der Waals surface area contributed by atoms with Crippen molar-refractivity contribution in [2.75, 3.05) is 0 Å². The molecule has 1 saturated heterocycles. The van der Waals surface area contributed by atoms with Crippen molar-refractivity contribution in [1.82, 2.24) is 32.1 Å². The van der Waals surface area contributed by atoms with Gasteiger partial charge in [-0.05, 0) is 37.3 Å². The fraction of sp³-hybridized carbons (Fsp3) is 0.441. The number of carbonyl (C=O) groups is 7. The number of carbonyl (C=O) groups excluding carboxylic acids is 6. The number of hydrogen-bond acceptors (Lipinski definition) is 9. The van der Waals surface area contributed by atoms with Crippen molar-refractivity contribution in [2.45, 2.75) is 89.9 Å². The van der Waals surface area contributed by atoms with Crippen molar-refractivity contribution in [3.05, 3.63) is 71.8 Å². The first-order valence-electron chi connectivity index (χ1n) is 16.0. The van der Waals surface area contributed by atoms with Gasteiger partial charge in [0.25, 0.3) is 11.8 Å². The summed E-state index contributed by atoms with van der Waals surface area (Å²) in [5.74, 6) is -5.89. The summed E-state index contributed by atoms with van der Waals surface area (Å²) in [5.41, 5.74) is 6.07. The number of ether oxygens (including phenoxy) is 1. The van der Waals surface area contributed by atoms with E-state index in [4.69, 9.17) is 4.74 Å².